The third kappa shape index (κ3) is 2.94. The topological polar surface area (TPSA) is 73.4 Å². The summed E-state index contributed by atoms with van der Waals surface area (Å²) in [4.78, 5) is 18.5. The first kappa shape index (κ1) is 15.6. The van der Waals surface area contributed by atoms with E-state index in [1.54, 1.807) is 11.0 Å². The van der Waals surface area contributed by atoms with Gasteiger partial charge < -0.3 is 18.7 Å². The van der Waals surface area contributed by atoms with Gasteiger partial charge in [0, 0.05) is 42.3 Å². The summed E-state index contributed by atoms with van der Waals surface area (Å²) in [6.45, 7) is 1.37. The van der Waals surface area contributed by atoms with Crippen LogP contribution in [-0.4, -0.2) is 45.3 Å². The third-order valence-corrected chi connectivity index (χ3v) is 4.42. The predicted molar refractivity (Wildman–Crippen MR) is 91.5 cm³/mol. The van der Waals surface area contributed by atoms with Crippen molar-refractivity contribution in [3.63, 3.8) is 0 Å². The lowest BCUT2D eigenvalue weighted by Gasteiger charge is -2.32. The number of amides is 1. The minimum absolute atomic E-state index is 0.0916. The second kappa shape index (κ2) is 6.52. The number of para-hydroxylation sites is 1. The lowest BCUT2D eigenvalue weighted by molar-refractivity contribution is -0.135. The molecule has 1 aliphatic heterocycles. The summed E-state index contributed by atoms with van der Waals surface area (Å²) < 4.78 is 12.3. The smallest absolute Gasteiger partial charge is 0.247 e. The zero-order valence-electron chi connectivity index (χ0n) is 13.8. The van der Waals surface area contributed by atoms with E-state index in [1.807, 2.05) is 31.5 Å². The van der Waals surface area contributed by atoms with Crippen molar-refractivity contribution in [3.8, 4) is 0 Å². The number of nitrogens with zero attached hydrogens (tertiary/aromatic N) is 4. The highest BCUT2D eigenvalue weighted by atomic mass is 16.5. The zero-order chi connectivity index (χ0) is 17.2. The van der Waals surface area contributed by atoms with Crippen LogP contribution in [0.1, 0.15) is 17.4 Å². The van der Waals surface area contributed by atoms with Gasteiger partial charge >= 0.3 is 0 Å². The van der Waals surface area contributed by atoms with E-state index in [4.69, 9.17) is 9.26 Å². The van der Waals surface area contributed by atoms with Crippen LogP contribution in [-0.2, 0) is 16.6 Å². The van der Waals surface area contributed by atoms with Crippen LogP contribution < -0.4 is 0 Å². The SMILES string of the molecule is Cn1cc(/C=C/C(=O)N2CCOCC2c2ncon2)c2ccccc21. The summed E-state index contributed by atoms with van der Waals surface area (Å²) in [5.74, 6) is 0.373. The molecular weight excluding hydrogens is 320 g/mol. The Hall–Kier alpha value is -2.93. The van der Waals surface area contributed by atoms with E-state index in [-0.39, 0.29) is 11.9 Å². The summed E-state index contributed by atoms with van der Waals surface area (Å²) in [7, 11) is 2.00. The fraction of sp³-hybridized carbons (Fsp3) is 0.278. The number of benzene rings is 1. The molecule has 25 heavy (non-hydrogen) atoms. The Bertz CT molecular complexity index is 914. The van der Waals surface area contributed by atoms with E-state index in [9.17, 15) is 4.79 Å². The summed E-state index contributed by atoms with van der Waals surface area (Å²) in [6, 6.07) is 7.79. The molecule has 1 aromatic carbocycles. The minimum atomic E-state index is -0.322. The Balaban J connectivity index is 1.58. The summed E-state index contributed by atoms with van der Waals surface area (Å²) >= 11 is 0. The number of ether oxygens (including phenoxy) is 1. The number of aromatic nitrogens is 3. The molecular formula is C18H18N4O3. The lowest BCUT2D eigenvalue weighted by atomic mass is 10.1. The van der Waals surface area contributed by atoms with Crippen LogP contribution >= 0.6 is 0 Å². The number of morpholine rings is 1. The van der Waals surface area contributed by atoms with Gasteiger partial charge in [-0.15, -0.1) is 0 Å². The number of aryl methyl sites for hydroxylation is 1. The standard InChI is InChI=1S/C18H18N4O3/c1-21-10-13(14-4-2-3-5-15(14)21)6-7-17(23)22-8-9-24-11-16(22)18-19-12-25-20-18/h2-7,10,12,16H,8-9,11H2,1H3/b7-6+. The molecule has 0 N–H and O–H groups in total. The van der Waals surface area contributed by atoms with Gasteiger partial charge in [-0.2, -0.15) is 4.98 Å². The molecule has 1 unspecified atom stereocenters. The molecule has 7 heteroatoms. The van der Waals surface area contributed by atoms with Crippen molar-refractivity contribution < 1.29 is 14.1 Å². The average molecular weight is 338 g/mol. The van der Waals surface area contributed by atoms with E-state index in [2.05, 4.69) is 26.8 Å². The highest BCUT2D eigenvalue weighted by molar-refractivity contribution is 5.96. The summed E-state index contributed by atoms with van der Waals surface area (Å²) in [5, 5.41) is 4.96. The number of fused-ring (bicyclic) bond motifs is 1. The van der Waals surface area contributed by atoms with Gasteiger partial charge in [0.1, 0.15) is 6.04 Å². The molecule has 7 nitrogen and oxygen atoms in total. The molecule has 1 atom stereocenters. The Morgan fingerprint density at radius 1 is 1.36 bits per heavy atom. The number of carbonyl (C=O) groups excluding carboxylic acids is 1. The molecule has 0 aliphatic carbocycles. The predicted octanol–water partition coefficient (Wildman–Crippen LogP) is 2.17. The van der Waals surface area contributed by atoms with E-state index >= 15 is 0 Å². The van der Waals surface area contributed by atoms with Gasteiger partial charge in [0.05, 0.1) is 13.2 Å². The Morgan fingerprint density at radius 2 is 2.24 bits per heavy atom. The average Bonchev–Trinajstić information content (AvgIpc) is 3.29. The number of hydrogen-bond donors (Lipinski definition) is 0. The fourth-order valence-electron chi connectivity index (χ4n) is 3.17. The maximum atomic E-state index is 12.7. The Morgan fingerprint density at radius 3 is 3.08 bits per heavy atom. The van der Waals surface area contributed by atoms with E-state index in [0.29, 0.717) is 25.6 Å². The molecule has 0 bridgehead atoms. The van der Waals surface area contributed by atoms with E-state index in [0.717, 1.165) is 16.5 Å². The van der Waals surface area contributed by atoms with Crippen molar-refractivity contribution in [1.29, 1.82) is 0 Å². The Kier molecular flexibility index (Phi) is 4.07. The van der Waals surface area contributed by atoms with Crippen molar-refractivity contribution in [3.05, 3.63) is 54.3 Å². The van der Waals surface area contributed by atoms with Crippen LogP contribution in [0, 0.1) is 0 Å². The molecule has 1 saturated heterocycles. The zero-order valence-corrected chi connectivity index (χ0v) is 13.8. The van der Waals surface area contributed by atoms with Gasteiger partial charge in [0.25, 0.3) is 0 Å². The lowest BCUT2D eigenvalue weighted by Crippen LogP contribution is -2.43. The third-order valence-electron chi connectivity index (χ3n) is 4.42. The second-order valence-corrected chi connectivity index (χ2v) is 5.96. The maximum Gasteiger partial charge on any atom is 0.247 e. The molecule has 1 aliphatic rings. The van der Waals surface area contributed by atoms with Gasteiger partial charge in [-0.25, -0.2) is 0 Å². The normalized spacial score (nSPS) is 18.3. The molecule has 0 spiro atoms. The van der Waals surface area contributed by atoms with E-state index in [1.165, 1.54) is 6.39 Å². The molecule has 2 aromatic heterocycles. The molecule has 1 amide bonds. The molecule has 3 aromatic rings. The van der Waals surface area contributed by atoms with Crippen molar-refractivity contribution >= 4 is 22.9 Å². The van der Waals surface area contributed by atoms with Crippen LogP contribution in [0.25, 0.3) is 17.0 Å². The van der Waals surface area contributed by atoms with Gasteiger partial charge in [-0.3, -0.25) is 4.79 Å². The first-order chi connectivity index (χ1) is 12.2. The summed E-state index contributed by atoms with van der Waals surface area (Å²) in [6.07, 6.45) is 6.73. The molecule has 0 radical (unpaired) electrons. The van der Waals surface area contributed by atoms with Crippen LogP contribution in [0.4, 0.5) is 0 Å². The van der Waals surface area contributed by atoms with Gasteiger partial charge in [-0.1, -0.05) is 23.4 Å². The molecule has 128 valence electrons. The van der Waals surface area contributed by atoms with Crippen LogP contribution in [0.3, 0.4) is 0 Å². The van der Waals surface area contributed by atoms with Crippen molar-refractivity contribution in [1.82, 2.24) is 19.6 Å². The number of carbonyl (C=O) groups is 1. The number of rotatable bonds is 3. The van der Waals surface area contributed by atoms with Crippen LogP contribution in [0.5, 0.6) is 0 Å². The summed E-state index contributed by atoms with van der Waals surface area (Å²) in [5.41, 5.74) is 2.14. The molecule has 4 rings (SSSR count). The first-order valence-corrected chi connectivity index (χ1v) is 8.11. The minimum Gasteiger partial charge on any atom is -0.377 e. The second-order valence-electron chi connectivity index (χ2n) is 5.96. The molecule has 3 heterocycles. The van der Waals surface area contributed by atoms with Crippen molar-refractivity contribution in [2.24, 2.45) is 7.05 Å². The Labute approximate surface area is 144 Å². The quantitative estimate of drug-likeness (QED) is 0.684. The maximum absolute atomic E-state index is 12.7. The largest absolute Gasteiger partial charge is 0.377 e. The first-order valence-electron chi connectivity index (χ1n) is 8.11. The highest BCUT2D eigenvalue weighted by Crippen LogP contribution is 2.24. The van der Waals surface area contributed by atoms with E-state index < -0.39 is 0 Å². The van der Waals surface area contributed by atoms with Gasteiger partial charge in [-0.05, 0) is 12.1 Å². The molecule has 1 fully saturated rings. The molecule has 0 saturated carbocycles. The van der Waals surface area contributed by atoms with Crippen LogP contribution in [0.15, 0.2) is 47.5 Å². The fourth-order valence-corrected chi connectivity index (χ4v) is 3.17. The van der Waals surface area contributed by atoms with Crippen molar-refractivity contribution in [2.75, 3.05) is 19.8 Å². The number of hydrogen-bond acceptors (Lipinski definition) is 5. The monoisotopic (exact) mass is 338 g/mol. The van der Waals surface area contributed by atoms with Crippen molar-refractivity contribution in [2.45, 2.75) is 6.04 Å². The van der Waals surface area contributed by atoms with Gasteiger partial charge in [0.2, 0.25) is 12.3 Å². The van der Waals surface area contributed by atoms with Crippen LogP contribution in [0.2, 0.25) is 0 Å². The van der Waals surface area contributed by atoms with Gasteiger partial charge in [0.15, 0.2) is 5.82 Å². The highest BCUT2D eigenvalue weighted by Gasteiger charge is 2.30.